The smallest absolute Gasteiger partial charge is 1.00 e. The van der Waals surface area contributed by atoms with Gasteiger partial charge in [0.25, 0.3) is 0 Å². The monoisotopic (exact) mass is 676 g/mol. The summed E-state index contributed by atoms with van der Waals surface area (Å²) in [6, 6.07) is 26.0. The molecule has 0 spiro atoms. The number of hydrogen-bond acceptors (Lipinski definition) is 0. The summed E-state index contributed by atoms with van der Waals surface area (Å²) >= 11 is -2.53. The maximum absolute atomic E-state index is 2.77. The summed E-state index contributed by atoms with van der Waals surface area (Å²) in [7, 11) is 0. The van der Waals surface area contributed by atoms with Crippen molar-refractivity contribution in [2.24, 2.45) is 11.3 Å². The molecular formula is C39H48Cl2Zr. The minimum absolute atomic E-state index is 0. The van der Waals surface area contributed by atoms with E-state index >= 15 is 0 Å². The summed E-state index contributed by atoms with van der Waals surface area (Å²) in [6.45, 7) is 26.2. The second-order valence-corrected chi connectivity index (χ2v) is 20.9. The molecule has 0 fully saturated rings. The van der Waals surface area contributed by atoms with Crippen LogP contribution in [0, 0.1) is 11.3 Å². The van der Waals surface area contributed by atoms with E-state index in [1.807, 2.05) is 0 Å². The number of halogens is 2. The van der Waals surface area contributed by atoms with Crippen LogP contribution in [0.3, 0.4) is 0 Å². The minimum atomic E-state index is -2.53. The van der Waals surface area contributed by atoms with Gasteiger partial charge in [0.2, 0.25) is 0 Å². The fourth-order valence-electron chi connectivity index (χ4n) is 6.81. The SMILES string of the molecule is CC1=[C](/[Zr+2](=[CH]\c2ccccc2)[CH]2c3cc(C(C)(C)C)ccc3-c3ccc(C(C)(C)C)cc32)C(C)C=C1C(C)(C)C.[Cl-].[Cl-]. The van der Waals surface area contributed by atoms with E-state index in [0.29, 0.717) is 9.54 Å². The van der Waals surface area contributed by atoms with Crippen LogP contribution in [0.2, 0.25) is 0 Å². The first-order valence-corrected chi connectivity index (χ1v) is 19.1. The molecule has 0 aliphatic heterocycles. The van der Waals surface area contributed by atoms with E-state index in [2.05, 4.69) is 153 Å². The Morgan fingerprint density at radius 1 is 0.643 bits per heavy atom. The predicted molar refractivity (Wildman–Crippen MR) is 172 cm³/mol. The fourth-order valence-corrected chi connectivity index (χ4v) is 15.4. The van der Waals surface area contributed by atoms with E-state index in [4.69, 9.17) is 0 Å². The Kier molecular flexibility index (Phi) is 10.4. The van der Waals surface area contributed by atoms with Crippen molar-refractivity contribution in [3.63, 3.8) is 0 Å². The van der Waals surface area contributed by atoms with Gasteiger partial charge in [-0.2, -0.15) is 0 Å². The van der Waals surface area contributed by atoms with Crippen molar-refractivity contribution in [2.45, 2.75) is 90.6 Å². The molecule has 0 saturated heterocycles. The van der Waals surface area contributed by atoms with Gasteiger partial charge >= 0.3 is 253 Å². The Labute approximate surface area is 276 Å². The Hall–Kier alpha value is -1.53. The maximum Gasteiger partial charge on any atom is -1.00 e. The zero-order valence-corrected chi connectivity index (χ0v) is 31.4. The van der Waals surface area contributed by atoms with Crippen molar-refractivity contribution in [3.8, 4) is 11.1 Å². The third kappa shape index (κ3) is 6.60. The molecule has 222 valence electrons. The normalized spacial score (nSPS) is 16.9. The molecule has 0 aromatic heterocycles. The van der Waals surface area contributed by atoms with Crippen LogP contribution in [0.1, 0.15) is 108 Å². The molecule has 0 nitrogen and oxygen atoms in total. The van der Waals surface area contributed by atoms with Crippen LogP contribution in [-0.4, -0.2) is 3.71 Å². The number of rotatable bonds is 3. The van der Waals surface area contributed by atoms with E-state index in [1.54, 1.807) is 25.6 Å². The largest absolute Gasteiger partial charge is 1.00 e. The van der Waals surface area contributed by atoms with Crippen molar-refractivity contribution in [1.29, 1.82) is 0 Å². The molecule has 1 unspecified atom stereocenters. The average molecular weight is 679 g/mol. The molecule has 1 atom stereocenters. The summed E-state index contributed by atoms with van der Waals surface area (Å²) < 4.78 is 5.02. The second kappa shape index (κ2) is 12.5. The Balaban J connectivity index is 0.00000242. The minimum Gasteiger partial charge on any atom is -1.00 e. The maximum atomic E-state index is 2.77. The van der Waals surface area contributed by atoms with E-state index < -0.39 is 21.3 Å². The number of fused-ring (bicyclic) bond motifs is 3. The van der Waals surface area contributed by atoms with E-state index in [9.17, 15) is 0 Å². The molecule has 3 heteroatoms. The van der Waals surface area contributed by atoms with Gasteiger partial charge in [0.15, 0.2) is 0 Å². The molecule has 2 aliphatic carbocycles. The van der Waals surface area contributed by atoms with Gasteiger partial charge in [-0.1, -0.05) is 0 Å². The molecule has 42 heavy (non-hydrogen) atoms. The molecule has 3 aromatic carbocycles. The Morgan fingerprint density at radius 2 is 1.12 bits per heavy atom. The van der Waals surface area contributed by atoms with Crippen LogP contribution in [0.4, 0.5) is 0 Å². The van der Waals surface area contributed by atoms with E-state index in [1.165, 1.54) is 27.8 Å². The number of benzene rings is 3. The molecule has 0 heterocycles. The quantitative estimate of drug-likeness (QED) is 0.377. The summed E-state index contributed by atoms with van der Waals surface area (Å²) in [6.07, 6.45) is 2.60. The Bertz CT molecular complexity index is 1490. The molecule has 3 aromatic rings. The summed E-state index contributed by atoms with van der Waals surface area (Å²) in [5, 5.41) is 0. The molecule has 0 radical (unpaired) electrons. The molecule has 0 N–H and O–H groups in total. The van der Waals surface area contributed by atoms with Gasteiger partial charge in [-0.3, -0.25) is 0 Å². The predicted octanol–water partition coefficient (Wildman–Crippen LogP) is 4.72. The third-order valence-corrected chi connectivity index (χ3v) is 17.2. The van der Waals surface area contributed by atoms with Gasteiger partial charge in [0, 0.05) is 0 Å². The summed E-state index contributed by atoms with van der Waals surface area (Å²) in [5.74, 6) is 0.493. The fraction of sp³-hybridized carbons (Fsp3) is 0.410. The van der Waals surface area contributed by atoms with Crippen molar-refractivity contribution in [2.75, 3.05) is 0 Å². The molecule has 0 saturated carbocycles. The molecular weight excluding hydrogens is 631 g/mol. The van der Waals surface area contributed by atoms with Crippen LogP contribution >= 0.6 is 0 Å². The molecule has 0 bridgehead atoms. The molecule has 2 aliphatic rings. The first-order chi connectivity index (χ1) is 18.6. The van der Waals surface area contributed by atoms with E-state index in [-0.39, 0.29) is 41.1 Å². The number of hydrogen-bond donors (Lipinski definition) is 0. The van der Waals surface area contributed by atoms with Crippen LogP contribution in [0.15, 0.2) is 87.2 Å². The van der Waals surface area contributed by atoms with Crippen molar-refractivity contribution in [3.05, 3.63) is 115 Å². The van der Waals surface area contributed by atoms with Gasteiger partial charge in [-0.05, 0) is 0 Å². The number of allylic oxidation sites excluding steroid dienone is 4. The molecule has 0 amide bonds. The summed E-state index contributed by atoms with van der Waals surface area (Å²) in [5.41, 5.74) is 13.9. The Morgan fingerprint density at radius 3 is 1.52 bits per heavy atom. The van der Waals surface area contributed by atoms with Crippen molar-refractivity contribution < 1.29 is 46.1 Å². The van der Waals surface area contributed by atoms with Crippen LogP contribution in [-0.2, 0) is 32.1 Å². The molecule has 5 rings (SSSR count). The standard InChI is InChI=1S/C21H25.C11H17.C7H6.2ClH.Zr/c1-20(2,3)16-7-9-18-14(12-16)11-15-13-17(21(4,5)6)8-10-19(15)18;1-8-6-9(2)10(7-8)11(3,4)5;1-7-5-3-2-4-6-7;;;/h7-13H,1-6H3;7-8H,1-5H3;1-6H;2*1H;/q;;;;;+2/p-2. The van der Waals surface area contributed by atoms with E-state index in [0.717, 1.165) is 0 Å². The zero-order chi connectivity index (χ0) is 29.2. The zero-order valence-electron chi connectivity index (χ0n) is 27.4. The van der Waals surface area contributed by atoms with Gasteiger partial charge in [-0.15, -0.1) is 0 Å². The van der Waals surface area contributed by atoms with Crippen LogP contribution < -0.4 is 24.8 Å². The van der Waals surface area contributed by atoms with Crippen molar-refractivity contribution in [1.82, 2.24) is 0 Å². The van der Waals surface area contributed by atoms with Gasteiger partial charge in [-0.25, -0.2) is 0 Å². The third-order valence-electron chi connectivity index (χ3n) is 8.98. The first kappa shape index (κ1) is 35.0. The summed E-state index contributed by atoms with van der Waals surface area (Å²) in [4.78, 5) is 0. The van der Waals surface area contributed by atoms with Crippen LogP contribution in [0.25, 0.3) is 11.1 Å². The van der Waals surface area contributed by atoms with Crippen LogP contribution in [0.5, 0.6) is 0 Å². The average Bonchev–Trinajstić information content (AvgIpc) is 3.35. The van der Waals surface area contributed by atoms with Gasteiger partial charge < -0.3 is 24.8 Å². The van der Waals surface area contributed by atoms with Crippen molar-refractivity contribution >= 4 is 3.71 Å². The topological polar surface area (TPSA) is 0 Å². The van der Waals surface area contributed by atoms with Gasteiger partial charge in [0.1, 0.15) is 0 Å². The van der Waals surface area contributed by atoms with Gasteiger partial charge in [0.05, 0.1) is 0 Å². The second-order valence-electron chi connectivity index (χ2n) is 15.2. The first-order valence-electron chi connectivity index (χ1n) is 15.1.